The molecule has 0 amide bonds. The van der Waals surface area contributed by atoms with Gasteiger partial charge >= 0.3 is 5.97 Å². The molecule has 2 aromatic carbocycles. The van der Waals surface area contributed by atoms with Gasteiger partial charge in [-0.05, 0) is 42.5 Å². The van der Waals surface area contributed by atoms with Crippen LogP contribution in [0.15, 0.2) is 54.6 Å². The zero-order chi connectivity index (χ0) is 19.1. The molecule has 5 heteroatoms. The summed E-state index contributed by atoms with van der Waals surface area (Å²) in [5.41, 5.74) is 1.58. The van der Waals surface area contributed by atoms with Crippen molar-refractivity contribution in [3.8, 4) is 0 Å². The number of carbonyl (C=O) groups is 1. The number of methoxy groups -OCH3 is 1. The maximum Gasteiger partial charge on any atom is 0.305 e. The molecule has 0 aromatic heterocycles. The Morgan fingerprint density at radius 1 is 1.19 bits per heavy atom. The molecule has 1 fully saturated rings. The van der Waals surface area contributed by atoms with Crippen LogP contribution < -0.4 is 5.32 Å². The van der Waals surface area contributed by atoms with Crippen LogP contribution in [0.1, 0.15) is 36.8 Å². The number of halogens is 1. The molecule has 1 saturated heterocycles. The van der Waals surface area contributed by atoms with E-state index in [1.807, 2.05) is 30.3 Å². The molecule has 2 atom stereocenters. The molecule has 1 aliphatic heterocycles. The maximum atomic E-state index is 13.4. The predicted molar refractivity (Wildman–Crippen MR) is 102 cm³/mol. The van der Waals surface area contributed by atoms with Gasteiger partial charge in [0.1, 0.15) is 11.4 Å². The van der Waals surface area contributed by atoms with Crippen molar-refractivity contribution >= 4 is 5.97 Å². The van der Waals surface area contributed by atoms with Gasteiger partial charge in [0.25, 0.3) is 0 Å². The Balaban J connectivity index is 1.69. The van der Waals surface area contributed by atoms with Crippen LogP contribution in [0.25, 0.3) is 0 Å². The highest BCUT2D eigenvalue weighted by atomic mass is 19.1. The van der Waals surface area contributed by atoms with Crippen molar-refractivity contribution in [3.63, 3.8) is 0 Å². The summed E-state index contributed by atoms with van der Waals surface area (Å²) in [7, 11) is 1.41. The number of rotatable bonds is 8. The summed E-state index contributed by atoms with van der Waals surface area (Å²) >= 11 is 0. The molecule has 2 unspecified atom stereocenters. The average molecular weight is 371 g/mol. The van der Waals surface area contributed by atoms with E-state index in [2.05, 4.69) is 5.32 Å². The molecule has 0 saturated carbocycles. The average Bonchev–Trinajstić information content (AvgIpc) is 3.12. The maximum absolute atomic E-state index is 13.4. The van der Waals surface area contributed by atoms with Crippen LogP contribution in [0.5, 0.6) is 0 Å². The van der Waals surface area contributed by atoms with Crippen LogP contribution in [0.4, 0.5) is 4.39 Å². The molecular weight excluding hydrogens is 345 g/mol. The Kier molecular flexibility index (Phi) is 6.58. The molecular formula is C22H26FNO3. The third-order valence-electron chi connectivity index (χ3n) is 5.14. The summed E-state index contributed by atoms with van der Waals surface area (Å²) in [5, 5.41) is 3.52. The van der Waals surface area contributed by atoms with E-state index in [-0.39, 0.29) is 17.8 Å². The molecule has 2 aromatic rings. The number of hydrogen-bond donors (Lipinski definition) is 1. The molecule has 1 N–H and O–H groups in total. The monoisotopic (exact) mass is 371 g/mol. The highest BCUT2D eigenvalue weighted by Gasteiger charge is 2.41. The van der Waals surface area contributed by atoms with Crippen molar-refractivity contribution in [2.45, 2.75) is 43.9 Å². The van der Waals surface area contributed by atoms with Gasteiger partial charge in [-0.2, -0.15) is 0 Å². The highest BCUT2D eigenvalue weighted by molar-refractivity contribution is 5.68. The smallest absolute Gasteiger partial charge is 0.305 e. The van der Waals surface area contributed by atoms with E-state index in [0.717, 1.165) is 30.4 Å². The van der Waals surface area contributed by atoms with E-state index in [1.165, 1.54) is 19.2 Å². The summed E-state index contributed by atoms with van der Waals surface area (Å²) in [6.45, 7) is 1.16. The lowest BCUT2D eigenvalue weighted by molar-refractivity contribution is -0.140. The topological polar surface area (TPSA) is 47.6 Å². The molecule has 1 aliphatic rings. The number of carbonyl (C=O) groups excluding carboxylic acids is 1. The van der Waals surface area contributed by atoms with E-state index in [0.29, 0.717) is 19.6 Å². The van der Waals surface area contributed by atoms with Crippen molar-refractivity contribution in [2.75, 3.05) is 13.7 Å². The Bertz CT molecular complexity index is 735. The lowest BCUT2D eigenvalue weighted by Gasteiger charge is -2.30. The molecule has 0 radical (unpaired) electrons. The minimum Gasteiger partial charge on any atom is -0.469 e. The summed E-state index contributed by atoms with van der Waals surface area (Å²) in [5.74, 6) is -0.435. The third kappa shape index (κ3) is 5.15. The van der Waals surface area contributed by atoms with E-state index in [9.17, 15) is 9.18 Å². The van der Waals surface area contributed by atoms with Gasteiger partial charge in [0, 0.05) is 19.0 Å². The molecule has 144 valence electrons. The van der Waals surface area contributed by atoms with E-state index in [1.54, 1.807) is 12.1 Å². The van der Waals surface area contributed by atoms with Crippen LogP contribution in [-0.2, 0) is 26.5 Å². The van der Waals surface area contributed by atoms with Gasteiger partial charge in [-0.15, -0.1) is 0 Å². The van der Waals surface area contributed by atoms with Crippen molar-refractivity contribution in [3.05, 3.63) is 71.5 Å². The fourth-order valence-corrected chi connectivity index (χ4v) is 3.61. The standard InChI is InChI=1S/C22H26FNO3/c1-26-21(25)9-5-8-20-14-22(16-24-20,18-10-12-19(23)13-11-18)27-15-17-6-3-2-4-7-17/h2-4,6-7,10-13,20,24H,5,8-9,14-16H2,1H3. The molecule has 4 nitrogen and oxygen atoms in total. The first-order valence-electron chi connectivity index (χ1n) is 9.35. The third-order valence-corrected chi connectivity index (χ3v) is 5.14. The number of nitrogens with one attached hydrogen (secondary N) is 1. The van der Waals surface area contributed by atoms with Gasteiger partial charge < -0.3 is 14.8 Å². The fraction of sp³-hybridized carbons (Fsp3) is 0.409. The largest absolute Gasteiger partial charge is 0.469 e. The van der Waals surface area contributed by atoms with Gasteiger partial charge in [0.05, 0.1) is 13.7 Å². The quantitative estimate of drug-likeness (QED) is 0.714. The first-order chi connectivity index (χ1) is 13.1. The molecule has 0 spiro atoms. The predicted octanol–water partition coefficient (Wildman–Crippen LogP) is 3.94. The Hall–Kier alpha value is -2.24. The van der Waals surface area contributed by atoms with Crippen LogP contribution in [0.2, 0.25) is 0 Å². The Morgan fingerprint density at radius 2 is 1.93 bits per heavy atom. The number of hydrogen-bond acceptors (Lipinski definition) is 4. The Morgan fingerprint density at radius 3 is 2.63 bits per heavy atom. The minimum atomic E-state index is -0.501. The van der Waals surface area contributed by atoms with Crippen LogP contribution in [-0.4, -0.2) is 25.7 Å². The number of esters is 1. The second-order valence-corrected chi connectivity index (χ2v) is 7.03. The van der Waals surface area contributed by atoms with Crippen molar-refractivity contribution in [1.29, 1.82) is 0 Å². The lowest BCUT2D eigenvalue weighted by atomic mass is 9.89. The van der Waals surface area contributed by atoms with Gasteiger partial charge in [0.15, 0.2) is 0 Å². The second kappa shape index (κ2) is 9.11. The molecule has 0 aliphatic carbocycles. The minimum absolute atomic E-state index is 0.182. The number of ether oxygens (including phenoxy) is 2. The zero-order valence-electron chi connectivity index (χ0n) is 15.6. The number of benzene rings is 2. The fourth-order valence-electron chi connectivity index (χ4n) is 3.61. The van der Waals surface area contributed by atoms with Gasteiger partial charge in [-0.3, -0.25) is 4.79 Å². The molecule has 27 heavy (non-hydrogen) atoms. The van der Waals surface area contributed by atoms with E-state index >= 15 is 0 Å². The van der Waals surface area contributed by atoms with E-state index < -0.39 is 5.60 Å². The normalized spacial score (nSPS) is 21.9. The summed E-state index contributed by atoms with van der Waals surface area (Å²) in [6.07, 6.45) is 2.84. The van der Waals surface area contributed by atoms with Gasteiger partial charge in [-0.25, -0.2) is 4.39 Å². The highest BCUT2D eigenvalue weighted by Crippen LogP contribution is 2.37. The summed E-state index contributed by atoms with van der Waals surface area (Å²) in [6, 6.07) is 16.9. The van der Waals surface area contributed by atoms with Crippen molar-refractivity contribution in [1.82, 2.24) is 5.32 Å². The molecule has 1 heterocycles. The lowest BCUT2D eigenvalue weighted by Crippen LogP contribution is -2.32. The molecule has 0 bridgehead atoms. The van der Waals surface area contributed by atoms with Crippen molar-refractivity contribution < 1.29 is 18.7 Å². The van der Waals surface area contributed by atoms with E-state index in [4.69, 9.17) is 9.47 Å². The molecule has 3 rings (SSSR count). The summed E-state index contributed by atoms with van der Waals surface area (Å²) < 4.78 is 24.5. The SMILES string of the molecule is COC(=O)CCCC1CC(OCc2ccccc2)(c2ccc(F)cc2)CN1. The first kappa shape index (κ1) is 19.5. The van der Waals surface area contributed by atoms with Gasteiger partial charge in [0.2, 0.25) is 0 Å². The van der Waals surface area contributed by atoms with Gasteiger partial charge in [-0.1, -0.05) is 42.5 Å². The van der Waals surface area contributed by atoms with Crippen LogP contribution in [0.3, 0.4) is 0 Å². The second-order valence-electron chi connectivity index (χ2n) is 7.03. The first-order valence-corrected chi connectivity index (χ1v) is 9.35. The Labute approximate surface area is 159 Å². The van der Waals surface area contributed by atoms with Crippen LogP contribution in [0, 0.1) is 5.82 Å². The van der Waals surface area contributed by atoms with Crippen LogP contribution >= 0.6 is 0 Å². The summed E-state index contributed by atoms with van der Waals surface area (Å²) in [4.78, 5) is 11.3. The van der Waals surface area contributed by atoms with Crippen molar-refractivity contribution in [2.24, 2.45) is 0 Å². The zero-order valence-corrected chi connectivity index (χ0v) is 15.6.